The molecule has 2 unspecified atom stereocenters. The molecule has 0 aliphatic carbocycles. The first-order valence-corrected chi connectivity index (χ1v) is 7.29. The maximum atomic E-state index is 11.8. The highest BCUT2D eigenvalue weighted by atomic mass is 16.6. The van der Waals surface area contributed by atoms with Crippen LogP contribution in [-0.4, -0.2) is 30.5 Å². The molecule has 1 aliphatic rings. The first kappa shape index (κ1) is 14.3. The second-order valence-corrected chi connectivity index (χ2v) is 5.26. The monoisotopic (exact) mass is 292 g/mol. The lowest BCUT2D eigenvalue weighted by Crippen LogP contribution is -2.37. The van der Waals surface area contributed by atoms with Crippen molar-refractivity contribution in [3.8, 4) is 0 Å². The van der Waals surface area contributed by atoms with Crippen LogP contribution >= 0.6 is 0 Å². The van der Waals surface area contributed by atoms with E-state index in [4.69, 9.17) is 19.6 Å². The van der Waals surface area contributed by atoms with Crippen molar-refractivity contribution in [1.82, 2.24) is 4.57 Å². The average Bonchev–Trinajstić information content (AvgIpc) is 2.83. The Morgan fingerprint density at radius 2 is 2.29 bits per heavy atom. The van der Waals surface area contributed by atoms with Crippen LogP contribution in [0.15, 0.2) is 27.4 Å². The summed E-state index contributed by atoms with van der Waals surface area (Å²) in [7, 11) is 0. The number of nitrogens with zero attached hydrogens (tertiary/aromatic N) is 1. The molecule has 2 atom stereocenters. The number of fused-ring (bicyclic) bond motifs is 1. The van der Waals surface area contributed by atoms with E-state index < -0.39 is 0 Å². The number of hydrogen-bond acceptors (Lipinski definition) is 5. The maximum Gasteiger partial charge on any atom is 0.419 e. The minimum atomic E-state index is -0.324. The van der Waals surface area contributed by atoms with Crippen molar-refractivity contribution in [2.75, 3.05) is 19.8 Å². The van der Waals surface area contributed by atoms with Gasteiger partial charge in [0.25, 0.3) is 0 Å². The van der Waals surface area contributed by atoms with E-state index in [2.05, 4.69) is 0 Å². The summed E-state index contributed by atoms with van der Waals surface area (Å²) < 4.78 is 18.0. The number of rotatable bonds is 4. The first-order chi connectivity index (χ1) is 10.2. The van der Waals surface area contributed by atoms with Crippen LogP contribution in [0.25, 0.3) is 11.1 Å². The zero-order valence-corrected chi connectivity index (χ0v) is 12.1. The van der Waals surface area contributed by atoms with Gasteiger partial charge in [0.2, 0.25) is 0 Å². The summed E-state index contributed by atoms with van der Waals surface area (Å²) >= 11 is 0. The molecule has 1 saturated heterocycles. The van der Waals surface area contributed by atoms with Crippen molar-refractivity contribution in [2.24, 2.45) is 5.73 Å². The molecule has 2 aromatic rings. The number of hydrogen-bond donors (Lipinski definition) is 1. The molecule has 0 spiro atoms. The van der Waals surface area contributed by atoms with Crippen molar-refractivity contribution in [2.45, 2.75) is 32.0 Å². The molecule has 0 bridgehead atoms. The summed E-state index contributed by atoms with van der Waals surface area (Å²) in [6, 6.07) is 5.33. The van der Waals surface area contributed by atoms with Crippen LogP contribution < -0.4 is 11.5 Å². The molecule has 1 aliphatic heterocycles. The predicted octanol–water partition coefficient (Wildman–Crippen LogP) is 1.42. The van der Waals surface area contributed by atoms with Gasteiger partial charge >= 0.3 is 5.76 Å². The van der Waals surface area contributed by atoms with E-state index in [0.29, 0.717) is 31.9 Å². The van der Waals surface area contributed by atoms with E-state index in [-0.39, 0.29) is 17.9 Å². The number of nitrogens with two attached hydrogens (primary N) is 1. The van der Waals surface area contributed by atoms with E-state index in [0.717, 1.165) is 17.5 Å². The number of aromatic nitrogens is 1. The average molecular weight is 292 g/mol. The van der Waals surface area contributed by atoms with E-state index >= 15 is 0 Å². The van der Waals surface area contributed by atoms with Crippen LogP contribution in [0.1, 0.15) is 24.9 Å². The second kappa shape index (κ2) is 6.01. The van der Waals surface area contributed by atoms with Gasteiger partial charge in [-0.15, -0.1) is 0 Å². The fourth-order valence-corrected chi connectivity index (χ4v) is 2.65. The van der Waals surface area contributed by atoms with E-state index in [9.17, 15) is 4.79 Å². The predicted molar refractivity (Wildman–Crippen MR) is 78.3 cm³/mol. The van der Waals surface area contributed by atoms with Crippen LogP contribution in [0.5, 0.6) is 0 Å². The third-order valence-electron chi connectivity index (χ3n) is 3.77. The molecule has 2 heterocycles. The summed E-state index contributed by atoms with van der Waals surface area (Å²) in [6.45, 7) is 4.33. The molecule has 0 radical (unpaired) electrons. The van der Waals surface area contributed by atoms with Crippen LogP contribution in [0, 0.1) is 0 Å². The van der Waals surface area contributed by atoms with Gasteiger partial charge in [0.15, 0.2) is 5.58 Å². The summed E-state index contributed by atoms with van der Waals surface area (Å²) in [5, 5.41) is 0. The number of benzene rings is 1. The van der Waals surface area contributed by atoms with Crippen LogP contribution in [0.3, 0.4) is 0 Å². The molecule has 114 valence electrons. The number of oxazole rings is 1. The Kier molecular flexibility index (Phi) is 4.10. The molecule has 2 N–H and O–H groups in total. The van der Waals surface area contributed by atoms with Gasteiger partial charge in [0.05, 0.1) is 31.4 Å². The normalized spacial score (nSPS) is 20.8. The minimum absolute atomic E-state index is 0.166. The van der Waals surface area contributed by atoms with Gasteiger partial charge in [-0.1, -0.05) is 13.0 Å². The highest BCUT2D eigenvalue weighted by Crippen LogP contribution is 2.23. The lowest BCUT2D eigenvalue weighted by Gasteiger charge is -2.28. The fraction of sp³-hybridized carbons (Fsp3) is 0.533. The molecule has 6 nitrogen and oxygen atoms in total. The zero-order valence-electron chi connectivity index (χ0n) is 12.1. The molecular weight excluding hydrogens is 272 g/mol. The van der Waals surface area contributed by atoms with Crippen LogP contribution in [0.2, 0.25) is 0 Å². The quantitative estimate of drug-likeness (QED) is 0.922. The lowest BCUT2D eigenvalue weighted by molar-refractivity contribution is -0.0975. The van der Waals surface area contributed by atoms with Crippen molar-refractivity contribution in [3.05, 3.63) is 34.3 Å². The second-order valence-electron chi connectivity index (χ2n) is 5.26. The third kappa shape index (κ3) is 2.74. The molecule has 1 aromatic carbocycles. The molecule has 3 rings (SSSR count). The van der Waals surface area contributed by atoms with Crippen LogP contribution in [-0.2, 0) is 16.0 Å². The summed E-state index contributed by atoms with van der Waals surface area (Å²) in [5.41, 5.74) is 8.49. The first-order valence-electron chi connectivity index (χ1n) is 7.29. The molecule has 21 heavy (non-hydrogen) atoms. The van der Waals surface area contributed by atoms with Crippen molar-refractivity contribution < 1.29 is 13.9 Å². The standard InChI is InChI=1S/C15H20N2O4/c1-2-5-17-11-4-3-10(8-12(11)21-15(17)18)14(16)13-9-19-6-7-20-13/h3-4,8,13-14H,2,5-7,9,16H2,1H3. The summed E-state index contributed by atoms with van der Waals surface area (Å²) in [4.78, 5) is 11.8. The van der Waals surface area contributed by atoms with E-state index in [1.165, 1.54) is 0 Å². The summed E-state index contributed by atoms with van der Waals surface area (Å²) in [5.74, 6) is -0.324. The molecule has 1 fully saturated rings. The van der Waals surface area contributed by atoms with Gasteiger partial charge in [0.1, 0.15) is 6.10 Å². The van der Waals surface area contributed by atoms with Crippen molar-refractivity contribution in [3.63, 3.8) is 0 Å². The Morgan fingerprint density at radius 3 is 3.00 bits per heavy atom. The third-order valence-corrected chi connectivity index (χ3v) is 3.77. The number of aryl methyl sites for hydroxylation is 1. The van der Waals surface area contributed by atoms with Gasteiger partial charge in [-0.05, 0) is 24.1 Å². The van der Waals surface area contributed by atoms with E-state index in [1.54, 1.807) is 4.57 Å². The topological polar surface area (TPSA) is 79.6 Å². The van der Waals surface area contributed by atoms with Gasteiger partial charge < -0.3 is 19.6 Å². The zero-order chi connectivity index (χ0) is 14.8. The Labute approximate surface area is 122 Å². The molecule has 0 saturated carbocycles. The SMILES string of the molecule is CCCn1c(=O)oc2cc(C(N)C3COCCO3)ccc21. The van der Waals surface area contributed by atoms with Gasteiger partial charge in [-0.2, -0.15) is 0 Å². The molecule has 0 amide bonds. The Bertz CT molecular complexity index is 670. The van der Waals surface area contributed by atoms with E-state index in [1.807, 2.05) is 25.1 Å². The van der Waals surface area contributed by atoms with Gasteiger partial charge in [-0.3, -0.25) is 4.57 Å². The lowest BCUT2D eigenvalue weighted by atomic mass is 10.0. The Morgan fingerprint density at radius 1 is 1.43 bits per heavy atom. The smallest absolute Gasteiger partial charge is 0.408 e. The highest BCUT2D eigenvalue weighted by molar-refractivity contribution is 5.74. The molecule has 6 heteroatoms. The Hall–Kier alpha value is -1.63. The minimum Gasteiger partial charge on any atom is -0.408 e. The number of ether oxygens (including phenoxy) is 2. The summed E-state index contributed by atoms with van der Waals surface area (Å²) in [6.07, 6.45) is 0.712. The van der Waals surface area contributed by atoms with Crippen molar-refractivity contribution >= 4 is 11.1 Å². The van der Waals surface area contributed by atoms with Crippen molar-refractivity contribution in [1.29, 1.82) is 0 Å². The highest BCUT2D eigenvalue weighted by Gasteiger charge is 2.24. The van der Waals surface area contributed by atoms with Gasteiger partial charge in [-0.25, -0.2) is 4.79 Å². The van der Waals surface area contributed by atoms with Gasteiger partial charge in [0, 0.05) is 6.54 Å². The fourth-order valence-electron chi connectivity index (χ4n) is 2.65. The largest absolute Gasteiger partial charge is 0.419 e. The maximum absolute atomic E-state index is 11.8. The van der Waals surface area contributed by atoms with Crippen LogP contribution in [0.4, 0.5) is 0 Å². The Balaban J connectivity index is 1.92. The molecule has 1 aromatic heterocycles. The molecular formula is C15H20N2O4.